The van der Waals surface area contributed by atoms with Gasteiger partial charge in [-0.3, -0.25) is 14.8 Å². The number of rotatable bonds is 5. The summed E-state index contributed by atoms with van der Waals surface area (Å²) in [6, 6.07) is 3.92. The number of aliphatic hydroxyl groups is 1. The van der Waals surface area contributed by atoms with Crippen molar-refractivity contribution in [1.82, 2.24) is 14.9 Å². The maximum absolute atomic E-state index is 11.9. The lowest BCUT2D eigenvalue weighted by atomic mass is 10.0. The van der Waals surface area contributed by atoms with Crippen LogP contribution in [0.1, 0.15) is 18.5 Å². The Morgan fingerprint density at radius 1 is 1.52 bits per heavy atom. The topological polar surface area (TPSA) is 95.6 Å². The Labute approximate surface area is 147 Å². The van der Waals surface area contributed by atoms with Crippen LogP contribution < -0.4 is 10.6 Å². The highest BCUT2D eigenvalue weighted by molar-refractivity contribution is 5.91. The van der Waals surface area contributed by atoms with Crippen molar-refractivity contribution < 1.29 is 9.90 Å². The molecule has 2 aromatic heterocycles. The second-order valence-corrected chi connectivity index (χ2v) is 6.86. The van der Waals surface area contributed by atoms with E-state index in [9.17, 15) is 9.90 Å². The van der Waals surface area contributed by atoms with Gasteiger partial charge >= 0.3 is 0 Å². The lowest BCUT2D eigenvalue weighted by molar-refractivity contribution is -0.132. The lowest BCUT2D eigenvalue weighted by Gasteiger charge is -2.29. The molecule has 1 unspecified atom stereocenters. The number of nitrogens with zero attached hydrogens (tertiary/aromatic N) is 4. The second kappa shape index (κ2) is 6.93. The zero-order valence-electron chi connectivity index (χ0n) is 14.8. The van der Waals surface area contributed by atoms with Gasteiger partial charge in [0.05, 0.1) is 12.1 Å². The van der Waals surface area contributed by atoms with Crippen molar-refractivity contribution in [2.75, 3.05) is 38.1 Å². The van der Waals surface area contributed by atoms with Crippen LogP contribution in [0.2, 0.25) is 0 Å². The minimum atomic E-state index is -0.926. The Morgan fingerprint density at radius 2 is 2.32 bits per heavy atom. The molecule has 1 aliphatic heterocycles. The summed E-state index contributed by atoms with van der Waals surface area (Å²) in [7, 11) is 1.72. The molecule has 1 amide bonds. The van der Waals surface area contributed by atoms with Crippen molar-refractivity contribution in [2.45, 2.75) is 25.4 Å². The molecule has 0 aromatic carbocycles. The number of nitrogens with two attached hydrogens (primary N) is 1. The van der Waals surface area contributed by atoms with Gasteiger partial charge in [-0.1, -0.05) is 0 Å². The first-order chi connectivity index (χ1) is 11.9. The van der Waals surface area contributed by atoms with E-state index in [2.05, 4.69) is 14.9 Å². The fourth-order valence-corrected chi connectivity index (χ4v) is 3.48. The van der Waals surface area contributed by atoms with Crippen LogP contribution in [0, 0.1) is 6.92 Å². The number of carbonyl (C=O) groups is 1. The Kier molecular flexibility index (Phi) is 4.87. The van der Waals surface area contributed by atoms with Crippen molar-refractivity contribution in [2.24, 2.45) is 5.73 Å². The van der Waals surface area contributed by atoms with E-state index in [1.807, 2.05) is 25.3 Å². The average molecular weight is 343 g/mol. The number of anilines is 1. The predicted octanol–water partition coefficient (Wildman–Crippen LogP) is 0.687. The largest absolute Gasteiger partial charge is 0.386 e. The number of hydrogen-bond donors (Lipinski definition) is 2. The van der Waals surface area contributed by atoms with Crippen LogP contribution in [-0.2, 0) is 4.79 Å². The van der Waals surface area contributed by atoms with E-state index in [-0.39, 0.29) is 5.91 Å². The molecule has 0 saturated carbocycles. The molecular formula is C18H25N5O2. The third kappa shape index (κ3) is 3.72. The highest BCUT2D eigenvalue weighted by Crippen LogP contribution is 2.32. The molecule has 0 bridgehead atoms. The molecule has 25 heavy (non-hydrogen) atoms. The van der Waals surface area contributed by atoms with E-state index in [1.165, 1.54) is 0 Å². The molecule has 0 aliphatic carbocycles. The summed E-state index contributed by atoms with van der Waals surface area (Å²) >= 11 is 0. The highest BCUT2D eigenvalue weighted by Gasteiger charge is 2.38. The fraction of sp³-hybridized carbons (Fsp3) is 0.500. The quantitative estimate of drug-likeness (QED) is 0.829. The number of aryl methyl sites for hydroxylation is 1. The maximum Gasteiger partial charge on any atom is 0.223 e. The summed E-state index contributed by atoms with van der Waals surface area (Å²) in [4.78, 5) is 24.4. The van der Waals surface area contributed by atoms with Gasteiger partial charge < -0.3 is 20.6 Å². The molecule has 7 nitrogen and oxygen atoms in total. The number of fused-ring (bicyclic) bond motifs is 1. The van der Waals surface area contributed by atoms with E-state index in [1.54, 1.807) is 18.1 Å². The number of amides is 1. The van der Waals surface area contributed by atoms with Crippen LogP contribution >= 0.6 is 0 Å². The van der Waals surface area contributed by atoms with Crippen molar-refractivity contribution in [3.05, 3.63) is 30.2 Å². The molecule has 134 valence electrons. The van der Waals surface area contributed by atoms with Gasteiger partial charge in [-0.25, -0.2) is 0 Å². The molecule has 0 spiro atoms. The van der Waals surface area contributed by atoms with Crippen molar-refractivity contribution in [3.8, 4) is 0 Å². The van der Waals surface area contributed by atoms with Crippen LogP contribution in [-0.4, -0.2) is 64.7 Å². The Morgan fingerprint density at radius 3 is 3.08 bits per heavy atom. The molecule has 2 aromatic rings. The van der Waals surface area contributed by atoms with Crippen molar-refractivity contribution >= 4 is 22.5 Å². The molecule has 3 rings (SSSR count). The third-order valence-corrected chi connectivity index (χ3v) is 4.70. The summed E-state index contributed by atoms with van der Waals surface area (Å²) in [5, 5.41) is 11.9. The fourth-order valence-electron chi connectivity index (χ4n) is 3.48. The molecule has 3 heterocycles. The van der Waals surface area contributed by atoms with Gasteiger partial charge in [0.25, 0.3) is 0 Å². The molecular weight excluding hydrogens is 318 g/mol. The second-order valence-electron chi connectivity index (χ2n) is 6.86. The van der Waals surface area contributed by atoms with E-state index >= 15 is 0 Å². The number of hydrogen-bond acceptors (Lipinski definition) is 6. The van der Waals surface area contributed by atoms with Gasteiger partial charge in [-0.2, -0.15) is 0 Å². The predicted molar refractivity (Wildman–Crippen MR) is 97.4 cm³/mol. The number of pyridine rings is 2. The number of β-amino-alcohol motifs (C(OH)–C–C–N with tert-alkyl or cyclic N) is 1. The van der Waals surface area contributed by atoms with Gasteiger partial charge in [0.15, 0.2) is 0 Å². The standard InChI is InChI=1S/C18H25N5O2/c1-13-9-16(14-10-20-7-4-15(14)21-13)23-8-5-18(25,12-23)11-22(2)17(24)3-6-19/h4,7,9-10,25H,3,5-6,8,11-12,19H2,1-2H3. The molecule has 7 heteroatoms. The van der Waals surface area contributed by atoms with Gasteiger partial charge in [0.2, 0.25) is 5.91 Å². The van der Waals surface area contributed by atoms with Crippen LogP contribution in [0.4, 0.5) is 5.69 Å². The zero-order chi connectivity index (χ0) is 18.0. The molecule has 3 N–H and O–H groups in total. The smallest absolute Gasteiger partial charge is 0.223 e. The van der Waals surface area contributed by atoms with E-state index < -0.39 is 5.60 Å². The van der Waals surface area contributed by atoms with Crippen LogP contribution in [0.15, 0.2) is 24.5 Å². The third-order valence-electron chi connectivity index (χ3n) is 4.70. The zero-order valence-corrected chi connectivity index (χ0v) is 14.8. The van der Waals surface area contributed by atoms with Crippen molar-refractivity contribution in [3.63, 3.8) is 0 Å². The average Bonchev–Trinajstić information content (AvgIpc) is 2.96. The normalized spacial score (nSPS) is 20.2. The Hall–Kier alpha value is -2.25. The number of likely N-dealkylation sites (N-methyl/N-ethyl adjacent to an activating group) is 1. The first kappa shape index (κ1) is 17.6. The molecule has 0 radical (unpaired) electrons. The molecule has 1 aliphatic rings. The Bertz CT molecular complexity index is 781. The molecule has 1 atom stereocenters. The molecule has 1 fully saturated rings. The minimum Gasteiger partial charge on any atom is -0.386 e. The first-order valence-corrected chi connectivity index (χ1v) is 8.54. The lowest BCUT2D eigenvalue weighted by Crippen LogP contribution is -2.46. The van der Waals surface area contributed by atoms with Crippen LogP contribution in [0.5, 0.6) is 0 Å². The first-order valence-electron chi connectivity index (χ1n) is 8.54. The van der Waals surface area contributed by atoms with Gasteiger partial charge in [-0.05, 0) is 25.5 Å². The summed E-state index contributed by atoms with van der Waals surface area (Å²) in [5.74, 6) is -0.0382. The Balaban J connectivity index is 1.80. The molecule has 1 saturated heterocycles. The summed E-state index contributed by atoms with van der Waals surface area (Å²) in [6.07, 6.45) is 4.45. The number of aromatic nitrogens is 2. The van der Waals surface area contributed by atoms with Gasteiger partial charge in [0.1, 0.15) is 5.60 Å². The van der Waals surface area contributed by atoms with E-state index in [0.717, 1.165) is 28.8 Å². The van der Waals surface area contributed by atoms with E-state index in [0.29, 0.717) is 32.5 Å². The summed E-state index contributed by atoms with van der Waals surface area (Å²) < 4.78 is 0. The van der Waals surface area contributed by atoms with Crippen molar-refractivity contribution in [1.29, 1.82) is 0 Å². The monoisotopic (exact) mass is 343 g/mol. The minimum absolute atomic E-state index is 0.0382. The van der Waals surface area contributed by atoms with Crippen LogP contribution in [0.25, 0.3) is 10.9 Å². The SMILES string of the molecule is Cc1cc(N2CCC(O)(CN(C)C(=O)CCN)C2)c2cnccc2n1. The maximum atomic E-state index is 11.9. The van der Waals surface area contributed by atoms with Gasteiger partial charge in [0, 0.05) is 62.3 Å². The summed E-state index contributed by atoms with van der Waals surface area (Å²) in [5.41, 5.74) is 7.38. The van der Waals surface area contributed by atoms with Gasteiger partial charge in [-0.15, -0.1) is 0 Å². The highest BCUT2D eigenvalue weighted by atomic mass is 16.3. The number of carbonyl (C=O) groups excluding carboxylic acids is 1. The van der Waals surface area contributed by atoms with Crippen LogP contribution in [0.3, 0.4) is 0 Å². The van der Waals surface area contributed by atoms with E-state index in [4.69, 9.17) is 5.73 Å². The summed E-state index contributed by atoms with van der Waals surface area (Å²) in [6.45, 7) is 3.79.